The minimum atomic E-state index is -0.487. The van der Waals surface area contributed by atoms with Crippen LogP contribution in [0.1, 0.15) is 27.0 Å². The van der Waals surface area contributed by atoms with Crippen molar-refractivity contribution in [2.75, 3.05) is 13.7 Å². The summed E-state index contributed by atoms with van der Waals surface area (Å²) in [6, 6.07) is 19.1. The van der Waals surface area contributed by atoms with Gasteiger partial charge in [0.25, 0.3) is 5.91 Å². The molecule has 0 aliphatic carbocycles. The molecule has 164 valence electrons. The number of nitrogens with zero attached hydrogens (tertiary/aromatic N) is 1. The molecule has 32 heavy (non-hydrogen) atoms. The van der Waals surface area contributed by atoms with Gasteiger partial charge in [-0.25, -0.2) is 10.2 Å². The van der Waals surface area contributed by atoms with Crippen LogP contribution in [0.3, 0.4) is 0 Å². The van der Waals surface area contributed by atoms with Crippen LogP contribution >= 0.6 is 0 Å². The molecule has 7 nitrogen and oxygen atoms in total. The second-order valence-electron chi connectivity index (χ2n) is 7.02. The van der Waals surface area contributed by atoms with Crippen molar-refractivity contribution in [1.82, 2.24) is 5.43 Å². The van der Waals surface area contributed by atoms with Crippen LogP contribution in [0.15, 0.2) is 71.8 Å². The van der Waals surface area contributed by atoms with Gasteiger partial charge < -0.3 is 14.2 Å². The second kappa shape index (κ2) is 10.8. The van der Waals surface area contributed by atoms with E-state index in [2.05, 4.69) is 10.5 Å². The molecule has 0 bridgehead atoms. The van der Waals surface area contributed by atoms with Crippen molar-refractivity contribution in [3.05, 3.63) is 89.0 Å². The molecule has 0 saturated heterocycles. The Labute approximate surface area is 186 Å². The number of carbonyl (C=O) groups excluding carboxylic acids is 2. The number of ether oxygens (including phenoxy) is 3. The van der Waals surface area contributed by atoms with Crippen molar-refractivity contribution >= 4 is 18.1 Å². The lowest BCUT2D eigenvalue weighted by molar-refractivity contribution is -0.123. The third kappa shape index (κ3) is 6.43. The Kier molecular flexibility index (Phi) is 7.59. The average Bonchev–Trinajstić information content (AvgIpc) is 2.80. The van der Waals surface area contributed by atoms with Crippen molar-refractivity contribution in [3.63, 3.8) is 0 Å². The molecule has 0 aliphatic heterocycles. The summed E-state index contributed by atoms with van der Waals surface area (Å²) in [5.74, 6) is 0.763. The molecule has 0 aliphatic rings. The van der Waals surface area contributed by atoms with Gasteiger partial charge in [0, 0.05) is 0 Å². The van der Waals surface area contributed by atoms with Gasteiger partial charge >= 0.3 is 5.97 Å². The van der Waals surface area contributed by atoms with Gasteiger partial charge in [-0.05, 0) is 79.1 Å². The number of rotatable bonds is 8. The lowest BCUT2D eigenvalue weighted by Gasteiger charge is -2.07. The quantitative estimate of drug-likeness (QED) is 0.251. The molecule has 0 radical (unpaired) electrons. The number of methoxy groups -OCH3 is 1. The van der Waals surface area contributed by atoms with E-state index < -0.39 is 5.97 Å². The molecule has 7 heteroatoms. The highest BCUT2D eigenvalue weighted by Crippen LogP contribution is 2.17. The molecule has 1 N–H and O–H groups in total. The molecule has 0 heterocycles. The molecule has 0 aromatic heterocycles. The van der Waals surface area contributed by atoms with Crippen LogP contribution in [-0.4, -0.2) is 31.8 Å². The van der Waals surface area contributed by atoms with Crippen LogP contribution in [-0.2, 0) is 4.79 Å². The summed E-state index contributed by atoms with van der Waals surface area (Å²) in [6.45, 7) is 3.84. The summed E-state index contributed by atoms with van der Waals surface area (Å²) in [5.41, 5.74) is 5.71. The third-order valence-corrected chi connectivity index (χ3v) is 4.65. The Morgan fingerprint density at radius 2 is 1.66 bits per heavy atom. The molecule has 3 aromatic rings. The molecule has 0 saturated carbocycles. The van der Waals surface area contributed by atoms with Gasteiger partial charge in [0.15, 0.2) is 6.61 Å². The normalized spacial score (nSPS) is 10.6. The fourth-order valence-electron chi connectivity index (χ4n) is 2.72. The van der Waals surface area contributed by atoms with E-state index in [0.29, 0.717) is 28.4 Å². The standard InChI is InChI=1S/C25H24N2O5/c1-17-7-10-22(13-18(17)2)31-16-24(28)27-26-15-19-5-4-6-23(14-19)32-25(29)20-8-11-21(30-3)12-9-20/h4-15H,16H2,1-3H3,(H,27,28)/b26-15-. The van der Waals surface area contributed by atoms with Gasteiger partial charge in [-0.15, -0.1) is 0 Å². The lowest BCUT2D eigenvalue weighted by Crippen LogP contribution is -2.24. The molecule has 1 amide bonds. The number of hydrazone groups is 1. The van der Waals surface area contributed by atoms with Crippen LogP contribution in [0.2, 0.25) is 0 Å². The first-order valence-corrected chi connectivity index (χ1v) is 9.93. The van der Waals surface area contributed by atoms with Crippen molar-refractivity contribution in [1.29, 1.82) is 0 Å². The highest BCUT2D eigenvalue weighted by atomic mass is 16.5. The molecule has 3 rings (SSSR count). The summed E-state index contributed by atoms with van der Waals surface area (Å²) in [6.07, 6.45) is 1.46. The van der Waals surface area contributed by atoms with Crippen LogP contribution in [0, 0.1) is 13.8 Å². The monoisotopic (exact) mass is 432 g/mol. The average molecular weight is 432 g/mol. The van der Waals surface area contributed by atoms with Crippen LogP contribution < -0.4 is 19.6 Å². The maximum atomic E-state index is 12.3. The van der Waals surface area contributed by atoms with Crippen molar-refractivity contribution < 1.29 is 23.8 Å². The Hall–Kier alpha value is -4.13. The molecular weight excluding hydrogens is 408 g/mol. The minimum absolute atomic E-state index is 0.153. The number of amides is 1. The Balaban J connectivity index is 1.51. The summed E-state index contributed by atoms with van der Waals surface area (Å²) in [4.78, 5) is 24.2. The lowest BCUT2D eigenvalue weighted by atomic mass is 10.1. The van der Waals surface area contributed by atoms with E-state index in [0.717, 1.165) is 11.1 Å². The number of aryl methyl sites for hydroxylation is 2. The highest BCUT2D eigenvalue weighted by molar-refractivity contribution is 5.91. The fourth-order valence-corrected chi connectivity index (χ4v) is 2.72. The number of nitrogens with one attached hydrogen (secondary N) is 1. The summed E-state index contributed by atoms with van der Waals surface area (Å²) in [5, 5.41) is 3.92. The first-order chi connectivity index (χ1) is 15.4. The molecule has 0 spiro atoms. The zero-order valence-electron chi connectivity index (χ0n) is 18.1. The van der Waals surface area contributed by atoms with E-state index in [1.54, 1.807) is 55.6 Å². The maximum Gasteiger partial charge on any atom is 0.343 e. The molecular formula is C25H24N2O5. The minimum Gasteiger partial charge on any atom is -0.497 e. The van der Waals surface area contributed by atoms with Gasteiger partial charge in [0.2, 0.25) is 0 Å². The predicted octanol–water partition coefficient (Wildman–Crippen LogP) is 4.06. The maximum absolute atomic E-state index is 12.3. The van der Waals surface area contributed by atoms with Gasteiger partial charge in [-0.2, -0.15) is 5.10 Å². The molecule has 3 aromatic carbocycles. The number of benzene rings is 3. The molecule has 0 unspecified atom stereocenters. The topological polar surface area (TPSA) is 86.2 Å². The SMILES string of the molecule is COc1ccc(C(=O)Oc2cccc(/C=N\NC(=O)COc3ccc(C)c(C)c3)c2)cc1. The Bertz CT molecular complexity index is 1120. The van der Waals surface area contributed by atoms with E-state index in [4.69, 9.17) is 14.2 Å². The van der Waals surface area contributed by atoms with E-state index >= 15 is 0 Å². The van der Waals surface area contributed by atoms with Crippen molar-refractivity contribution in [2.45, 2.75) is 13.8 Å². The van der Waals surface area contributed by atoms with E-state index in [1.807, 2.05) is 32.0 Å². The van der Waals surface area contributed by atoms with E-state index in [-0.39, 0.29) is 12.5 Å². The summed E-state index contributed by atoms with van der Waals surface area (Å²) >= 11 is 0. The van der Waals surface area contributed by atoms with Crippen LogP contribution in [0.25, 0.3) is 0 Å². The number of esters is 1. The number of carbonyl (C=O) groups is 2. The Morgan fingerprint density at radius 1 is 0.906 bits per heavy atom. The van der Waals surface area contributed by atoms with Crippen molar-refractivity contribution in [3.8, 4) is 17.2 Å². The van der Waals surface area contributed by atoms with Crippen molar-refractivity contribution in [2.24, 2.45) is 5.10 Å². The third-order valence-electron chi connectivity index (χ3n) is 4.65. The first-order valence-electron chi connectivity index (χ1n) is 9.93. The molecule has 0 atom stereocenters. The largest absolute Gasteiger partial charge is 0.497 e. The predicted molar refractivity (Wildman–Crippen MR) is 122 cm³/mol. The summed E-state index contributed by atoms with van der Waals surface area (Å²) in [7, 11) is 1.56. The van der Waals surface area contributed by atoms with Gasteiger partial charge in [-0.3, -0.25) is 4.79 Å². The first kappa shape index (κ1) is 22.6. The van der Waals surface area contributed by atoms with E-state index in [1.165, 1.54) is 6.21 Å². The fraction of sp³-hybridized carbons (Fsp3) is 0.160. The highest BCUT2D eigenvalue weighted by Gasteiger charge is 2.09. The smallest absolute Gasteiger partial charge is 0.343 e. The Morgan fingerprint density at radius 3 is 2.38 bits per heavy atom. The van der Waals surface area contributed by atoms with E-state index in [9.17, 15) is 9.59 Å². The molecule has 0 fully saturated rings. The number of hydrogen-bond acceptors (Lipinski definition) is 6. The van der Waals surface area contributed by atoms with Crippen LogP contribution in [0.5, 0.6) is 17.2 Å². The van der Waals surface area contributed by atoms with Gasteiger partial charge in [0.1, 0.15) is 17.2 Å². The number of hydrogen-bond donors (Lipinski definition) is 1. The second-order valence-corrected chi connectivity index (χ2v) is 7.02. The zero-order chi connectivity index (χ0) is 22.9. The van der Waals surface area contributed by atoms with Crippen LogP contribution in [0.4, 0.5) is 0 Å². The van der Waals surface area contributed by atoms with Gasteiger partial charge in [0.05, 0.1) is 18.9 Å². The van der Waals surface area contributed by atoms with Gasteiger partial charge in [-0.1, -0.05) is 18.2 Å². The summed E-state index contributed by atoms with van der Waals surface area (Å²) < 4.78 is 16.0. The zero-order valence-corrected chi connectivity index (χ0v) is 18.1.